The minimum absolute atomic E-state index is 0.263. The highest BCUT2D eigenvalue weighted by Crippen LogP contribution is 2.19. The standard InChI is InChI=1S/C16H19N3O3/c17-15(20)13(19-16(21)14-6-3-7-22-14)8-10-9-18-12-5-2-1-4-11(10)12/h1-2,4-5,9,13-14,18H,3,6-8H2,(H2,17,20)(H,19,21)/t13-,14-/m1/s1. The van der Waals surface area contributed by atoms with Gasteiger partial charge < -0.3 is 20.8 Å². The summed E-state index contributed by atoms with van der Waals surface area (Å²) in [5, 5.41) is 3.74. The number of carbonyl (C=O) groups is 2. The van der Waals surface area contributed by atoms with E-state index in [9.17, 15) is 9.59 Å². The Hall–Kier alpha value is -2.34. The van der Waals surface area contributed by atoms with E-state index in [4.69, 9.17) is 10.5 Å². The summed E-state index contributed by atoms with van der Waals surface area (Å²) in [6.07, 6.45) is 3.29. The van der Waals surface area contributed by atoms with Crippen molar-refractivity contribution in [1.29, 1.82) is 0 Å². The van der Waals surface area contributed by atoms with Crippen LogP contribution in [0.2, 0.25) is 0 Å². The molecule has 22 heavy (non-hydrogen) atoms. The predicted octanol–water partition coefficient (Wildman–Crippen LogP) is 0.859. The van der Waals surface area contributed by atoms with Gasteiger partial charge in [-0.25, -0.2) is 0 Å². The van der Waals surface area contributed by atoms with Gasteiger partial charge in [-0.3, -0.25) is 9.59 Å². The van der Waals surface area contributed by atoms with E-state index in [0.29, 0.717) is 19.4 Å². The number of aromatic nitrogens is 1. The highest BCUT2D eigenvalue weighted by atomic mass is 16.5. The fraction of sp³-hybridized carbons (Fsp3) is 0.375. The fourth-order valence-electron chi connectivity index (χ4n) is 2.79. The molecule has 1 aromatic carbocycles. The number of nitrogens with one attached hydrogen (secondary N) is 2. The molecule has 1 aliphatic heterocycles. The summed E-state index contributed by atoms with van der Waals surface area (Å²) in [4.78, 5) is 26.9. The first-order valence-electron chi connectivity index (χ1n) is 7.41. The van der Waals surface area contributed by atoms with E-state index >= 15 is 0 Å². The molecule has 6 nitrogen and oxygen atoms in total. The number of hydrogen-bond acceptors (Lipinski definition) is 3. The van der Waals surface area contributed by atoms with Crippen molar-refractivity contribution in [3.63, 3.8) is 0 Å². The number of fused-ring (bicyclic) bond motifs is 1. The lowest BCUT2D eigenvalue weighted by atomic mass is 10.0. The largest absolute Gasteiger partial charge is 0.368 e. The Morgan fingerprint density at radius 1 is 1.41 bits per heavy atom. The van der Waals surface area contributed by atoms with Gasteiger partial charge >= 0.3 is 0 Å². The van der Waals surface area contributed by atoms with Crippen molar-refractivity contribution in [3.8, 4) is 0 Å². The molecule has 0 unspecified atom stereocenters. The molecule has 116 valence electrons. The van der Waals surface area contributed by atoms with Crippen LogP contribution in [0.4, 0.5) is 0 Å². The highest BCUT2D eigenvalue weighted by molar-refractivity contribution is 5.90. The summed E-state index contributed by atoms with van der Waals surface area (Å²) in [5.74, 6) is -0.808. The van der Waals surface area contributed by atoms with Gasteiger partial charge in [0.25, 0.3) is 0 Å². The number of para-hydroxylation sites is 1. The van der Waals surface area contributed by atoms with E-state index in [1.807, 2.05) is 30.5 Å². The van der Waals surface area contributed by atoms with Gasteiger partial charge in [0.05, 0.1) is 0 Å². The van der Waals surface area contributed by atoms with Crippen LogP contribution in [-0.4, -0.2) is 35.6 Å². The third kappa shape index (κ3) is 2.96. The Bertz CT molecular complexity index is 689. The zero-order valence-electron chi connectivity index (χ0n) is 12.2. The molecule has 4 N–H and O–H groups in total. The van der Waals surface area contributed by atoms with Crippen molar-refractivity contribution in [3.05, 3.63) is 36.0 Å². The second-order valence-electron chi connectivity index (χ2n) is 5.53. The molecule has 2 atom stereocenters. The maximum absolute atomic E-state index is 12.1. The van der Waals surface area contributed by atoms with Crippen LogP contribution in [0.25, 0.3) is 10.9 Å². The normalized spacial score (nSPS) is 19.2. The van der Waals surface area contributed by atoms with Crippen LogP contribution in [0.3, 0.4) is 0 Å². The van der Waals surface area contributed by atoms with Crippen LogP contribution in [-0.2, 0) is 20.7 Å². The summed E-state index contributed by atoms with van der Waals surface area (Å²) >= 11 is 0. The number of aromatic amines is 1. The Kier molecular flexibility index (Phi) is 4.11. The van der Waals surface area contributed by atoms with Crippen molar-refractivity contribution < 1.29 is 14.3 Å². The quantitative estimate of drug-likeness (QED) is 0.764. The number of H-pyrrole nitrogens is 1. The number of rotatable bonds is 5. The molecule has 2 aromatic rings. The van der Waals surface area contributed by atoms with Crippen LogP contribution in [0.5, 0.6) is 0 Å². The number of nitrogens with two attached hydrogens (primary N) is 1. The summed E-state index contributed by atoms with van der Waals surface area (Å²) in [6, 6.07) is 7.07. The lowest BCUT2D eigenvalue weighted by molar-refractivity contribution is -0.133. The highest BCUT2D eigenvalue weighted by Gasteiger charge is 2.27. The van der Waals surface area contributed by atoms with E-state index in [2.05, 4.69) is 10.3 Å². The van der Waals surface area contributed by atoms with Crippen LogP contribution >= 0.6 is 0 Å². The number of benzene rings is 1. The molecule has 1 saturated heterocycles. The zero-order chi connectivity index (χ0) is 15.5. The molecule has 2 amide bonds. The van der Waals surface area contributed by atoms with Crippen molar-refractivity contribution in [2.24, 2.45) is 5.73 Å². The molecule has 0 bridgehead atoms. The summed E-state index contributed by atoms with van der Waals surface area (Å²) < 4.78 is 5.33. The third-order valence-electron chi connectivity index (χ3n) is 3.98. The molecule has 0 spiro atoms. The Morgan fingerprint density at radius 3 is 2.95 bits per heavy atom. The molecular weight excluding hydrogens is 282 g/mol. The molecule has 0 radical (unpaired) electrons. The van der Waals surface area contributed by atoms with Crippen LogP contribution in [0.15, 0.2) is 30.5 Å². The van der Waals surface area contributed by atoms with Crippen LogP contribution < -0.4 is 11.1 Å². The average molecular weight is 301 g/mol. The molecule has 2 heterocycles. The predicted molar refractivity (Wildman–Crippen MR) is 82.1 cm³/mol. The minimum Gasteiger partial charge on any atom is -0.368 e. The molecule has 0 saturated carbocycles. The van der Waals surface area contributed by atoms with E-state index in [1.165, 1.54) is 0 Å². The first kappa shape index (κ1) is 14.6. The van der Waals surface area contributed by atoms with Gasteiger partial charge in [0.2, 0.25) is 11.8 Å². The number of primary amides is 1. The molecule has 1 aliphatic rings. The molecule has 6 heteroatoms. The van der Waals surface area contributed by atoms with Crippen molar-refractivity contribution in [2.45, 2.75) is 31.4 Å². The molecule has 3 rings (SSSR count). The maximum Gasteiger partial charge on any atom is 0.249 e. The van der Waals surface area contributed by atoms with Gasteiger partial charge in [-0.05, 0) is 24.5 Å². The van der Waals surface area contributed by atoms with Gasteiger partial charge in [-0.2, -0.15) is 0 Å². The Morgan fingerprint density at radius 2 is 2.23 bits per heavy atom. The topological polar surface area (TPSA) is 97.2 Å². The van der Waals surface area contributed by atoms with Gasteiger partial charge in [-0.1, -0.05) is 18.2 Å². The zero-order valence-corrected chi connectivity index (χ0v) is 12.2. The number of carbonyl (C=O) groups excluding carboxylic acids is 2. The monoisotopic (exact) mass is 301 g/mol. The third-order valence-corrected chi connectivity index (χ3v) is 3.98. The van der Waals surface area contributed by atoms with Gasteiger partial charge in [0.15, 0.2) is 0 Å². The van der Waals surface area contributed by atoms with E-state index in [-0.39, 0.29) is 5.91 Å². The van der Waals surface area contributed by atoms with E-state index in [0.717, 1.165) is 22.9 Å². The number of hydrogen-bond donors (Lipinski definition) is 3. The van der Waals surface area contributed by atoms with E-state index in [1.54, 1.807) is 0 Å². The van der Waals surface area contributed by atoms with E-state index < -0.39 is 18.1 Å². The summed E-state index contributed by atoms with van der Waals surface area (Å²) in [7, 11) is 0. The molecule has 1 fully saturated rings. The number of ether oxygens (including phenoxy) is 1. The van der Waals surface area contributed by atoms with Crippen LogP contribution in [0.1, 0.15) is 18.4 Å². The van der Waals surface area contributed by atoms with Crippen molar-refractivity contribution in [2.75, 3.05) is 6.61 Å². The van der Waals surface area contributed by atoms with Gasteiger partial charge in [-0.15, -0.1) is 0 Å². The second-order valence-corrected chi connectivity index (χ2v) is 5.53. The lowest BCUT2D eigenvalue weighted by Gasteiger charge is -2.17. The average Bonchev–Trinajstić information content (AvgIpc) is 3.16. The van der Waals surface area contributed by atoms with Crippen LogP contribution in [0, 0.1) is 0 Å². The first-order chi connectivity index (χ1) is 10.6. The Labute approximate surface area is 128 Å². The fourth-order valence-corrected chi connectivity index (χ4v) is 2.79. The molecular formula is C16H19N3O3. The van der Waals surface area contributed by atoms with Gasteiger partial charge in [0.1, 0.15) is 12.1 Å². The number of amides is 2. The van der Waals surface area contributed by atoms with Gasteiger partial charge in [0, 0.05) is 30.1 Å². The smallest absolute Gasteiger partial charge is 0.249 e. The Balaban J connectivity index is 1.74. The molecule has 1 aromatic heterocycles. The summed E-state index contributed by atoms with van der Waals surface area (Å²) in [6.45, 7) is 0.585. The van der Waals surface area contributed by atoms with Crippen molar-refractivity contribution >= 4 is 22.7 Å². The first-order valence-corrected chi connectivity index (χ1v) is 7.41. The summed E-state index contributed by atoms with van der Waals surface area (Å²) in [5.41, 5.74) is 7.38. The second kappa shape index (κ2) is 6.19. The minimum atomic E-state index is -0.740. The maximum atomic E-state index is 12.1. The molecule has 0 aliphatic carbocycles. The lowest BCUT2D eigenvalue weighted by Crippen LogP contribution is -2.49. The van der Waals surface area contributed by atoms with Crippen molar-refractivity contribution in [1.82, 2.24) is 10.3 Å². The SMILES string of the molecule is NC(=O)[C@@H](Cc1c[nH]c2ccccc12)NC(=O)[C@H]1CCCO1.